The SMILES string of the molecule is CC(C)S(=O)(=O)c1ccc(-c2cnc(N)c(C3=CC(c4ccc(CNCC5COC5)cc4)=NC3)n2)cc1. The van der Waals surface area contributed by atoms with E-state index in [9.17, 15) is 8.42 Å². The van der Waals surface area contributed by atoms with Gasteiger partial charge in [0.15, 0.2) is 9.84 Å². The Morgan fingerprint density at radius 2 is 1.76 bits per heavy atom. The number of nitrogens with two attached hydrogens (primary N) is 1. The summed E-state index contributed by atoms with van der Waals surface area (Å²) in [4.78, 5) is 14.1. The van der Waals surface area contributed by atoms with Crippen LogP contribution in [-0.4, -0.2) is 55.7 Å². The molecule has 192 valence electrons. The lowest BCUT2D eigenvalue weighted by atomic mass is 10.0. The Kier molecular flexibility index (Phi) is 7.19. The van der Waals surface area contributed by atoms with Gasteiger partial charge in [-0.3, -0.25) is 4.99 Å². The summed E-state index contributed by atoms with van der Waals surface area (Å²) in [5, 5.41) is 3.00. The third-order valence-electron chi connectivity index (χ3n) is 6.65. The van der Waals surface area contributed by atoms with Gasteiger partial charge in [-0.05, 0) is 43.2 Å². The molecule has 3 heterocycles. The molecule has 0 atom stereocenters. The van der Waals surface area contributed by atoms with Crippen LogP contribution in [0.25, 0.3) is 16.8 Å². The minimum absolute atomic E-state index is 0.293. The summed E-state index contributed by atoms with van der Waals surface area (Å²) in [7, 11) is -3.33. The molecular weight excluding hydrogens is 486 g/mol. The summed E-state index contributed by atoms with van der Waals surface area (Å²) < 4.78 is 30.1. The molecule has 0 amide bonds. The van der Waals surface area contributed by atoms with Gasteiger partial charge in [-0.2, -0.15) is 0 Å². The van der Waals surface area contributed by atoms with Crippen molar-refractivity contribution in [3.05, 3.63) is 77.6 Å². The van der Waals surface area contributed by atoms with Crippen molar-refractivity contribution in [2.75, 3.05) is 32.0 Å². The fourth-order valence-electron chi connectivity index (χ4n) is 4.22. The average Bonchev–Trinajstić information content (AvgIpc) is 3.36. The highest BCUT2D eigenvalue weighted by Crippen LogP contribution is 2.28. The van der Waals surface area contributed by atoms with E-state index in [2.05, 4.69) is 34.6 Å². The van der Waals surface area contributed by atoms with Gasteiger partial charge in [0.2, 0.25) is 0 Å². The number of nitrogen functional groups attached to an aromatic ring is 1. The van der Waals surface area contributed by atoms with Crippen LogP contribution in [-0.2, 0) is 21.1 Å². The van der Waals surface area contributed by atoms with Crippen molar-refractivity contribution < 1.29 is 13.2 Å². The van der Waals surface area contributed by atoms with Crippen molar-refractivity contribution in [1.82, 2.24) is 15.3 Å². The van der Waals surface area contributed by atoms with Gasteiger partial charge in [0, 0.05) is 30.1 Å². The number of nitrogens with zero attached hydrogens (tertiary/aromatic N) is 3. The third-order valence-corrected chi connectivity index (χ3v) is 8.82. The Morgan fingerprint density at radius 3 is 2.41 bits per heavy atom. The molecule has 9 heteroatoms. The van der Waals surface area contributed by atoms with Crippen LogP contribution in [0.15, 0.2) is 70.7 Å². The van der Waals surface area contributed by atoms with Crippen LogP contribution < -0.4 is 11.1 Å². The molecule has 0 bridgehead atoms. The maximum absolute atomic E-state index is 12.4. The molecule has 2 aliphatic rings. The molecule has 2 aliphatic heterocycles. The number of nitrogens with one attached hydrogen (secondary N) is 1. The first-order chi connectivity index (χ1) is 17.8. The zero-order chi connectivity index (χ0) is 26.0. The molecule has 1 aromatic heterocycles. The monoisotopic (exact) mass is 517 g/mol. The maximum atomic E-state index is 12.4. The Bertz CT molecular complexity index is 1440. The van der Waals surface area contributed by atoms with Gasteiger partial charge < -0.3 is 15.8 Å². The van der Waals surface area contributed by atoms with Crippen LogP contribution >= 0.6 is 0 Å². The van der Waals surface area contributed by atoms with E-state index in [1.807, 2.05) is 6.08 Å². The Morgan fingerprint density at radius 1 is 1.05 bits per heavy atom. The molecular formula is C28H31N5O3S. The number of aliphatic imine (C=N–C) groups is 1. The largest absolute Gasteiger partial charge is 0.382 e. The second kappa shape index (κ2) is 10.5. The molecule has 0 aliphatic carbocycles. The summed E-state index contributed by atoms with van der Waals surface area (Å²) in [5.41, 5.74) is 12.2. The minimum atomic E-state index is -3.33. The van der Waals surface area contributed by atoms with Gasteiger partial charge in [-0.25, -0.2) is 18.4 Å². The van der Waals surface area contributed by atoms with E-state index in [4.69, 9.17) is 20.4 Å². The fraction of sp³-hybridized carbons (Fsp3) is 0.321. The number of ether oxygens (including phenoxy) is 1. The van der Waals surface area contributed by atoms with E-state index < -0.39 is 15.1 Å². The predicted molar refractivity (Wildman–Crippen MR) is 146 cm³/mol. The number of rotatable bonds is 9. The number of anilines is 1. The molecule has 0 unspecified atom stereocenters. The average molecular weight is 518 g/mol. The Labute approximate surface area is 217 Å². The number of aromatic nitrogens is 2. The number of hydrogen-bond donors (Lipinski definition) is 2. The van der Waals surface area contributed by atoms with Gasteiger partial charge >= 0.3 is 0 Å². The molecule has 3 N–H and O–H groups in total. The summed E-state index contributed by atoms with van der Waals surface area (Å²) >= 11 is 0. The summed E-state index contributed by atoms with van der Waals surface area (Å²) in [6, 6.07) is 15.1. The fourth-order valence-corrected chi connectivity index (χ4v) is 5.28. The highest BCUT2D eigenvalue weighted by Gasteiger charge is 2.20. The van der Waals surface area contributed by atoms with Crippen molar-refractivity contribution in [2.45, 2.75) is 30.5 Å². The van der Waals surface area contributed by atoms with Gasteiger partial charge in [0.05, 0.1) is 47.5 Å². The van der Waals surface area contributed by atoms with Gasteiger partial charge in [0.25, 0.3) is 0 Å². The summed E-state index contributed by atoms with van der Waals surface area (Å²) in [6.07, 6.45) is 3.61. The number of benzene rings is 2. The van der Waals surface area contributed by atoms with Crippen LogP contribution in [0.1, 0.15) is 30.7 Å². The van der Waals surface area contributed by atoms with Crippen molar-refractivity contribution in [3.8, 4) is 11.3 Å². The van der Waals surface area contributed by atoms with Crippen molar-refractivity contribution >= 4 is 26.9 Å². The quantitative estimate of drug-likeness (QED) is 0.446. The molecule has 5 rings (SSSR count). The first-order valence-corrected chi connectivity index (χ1v) is 14.0. The topological polar surface area (TPSA) is 120 Å². The lowest BCUT2D eigenvalue weighted by Gasteiger charge is -2.26. The standard InChI is InChI=1S/C28H31N5O3S/c1-18(2)37(34,35)24-9-7-22(8-10-24)26-15-32-28(29)27(33-26)23-11-25(31-14-23)21-5-3-19(4-6-21)12-30-13-20-16-36-17-20/h3-11,15,18,20,30H,12-14,16-17H2,1-2H3,(H2,29,32). The van der Waals surface area contributed by atoms with Gasteiger partial charge in [0.1, 0.15) is 11.5 Å². The highest BCUT2D eigenvalue weighted by molar-refractivity contribution is 7.92. The van der Waals surface area contributed by atoms with E-state index in [1.54, 1.807) is 44.3 Å². The highest BCUT2D eigenvalue weighted by atomic mass is 32.2. The van der Waals surface area contributed by atoms with Gasteiger partial charge in [-0.15, -0.1) is 0 Å². The van der Waals surface area contributed by atoms with E-state index in [1.165, 1.54) is 5.56 Å². The second-order valence-electron chi connectivity index (χ2n) is 9.71. The first-order valence-electron chi connectivity index (χ1n) is 12.4. The lowest BCUT2D eigenvalue weighted by molar-refractivity contribution is -0.0307. The second-order valence-corrected chi connectivity index (χ2v) is 12.2. The lowest BCUT2D eigenvalue weighted by Crippen LogP contribution is -2.36. The van der Waals surface area contributed by atoms with E-state index in [0.29, 0.717) is 34.6 Å². The summed E-state index contributed by atoms with van der Waals surface area (Å²) in [6.45, 7) is 7.32. The van der Waals surface area contributed by atoms with Crippen molar-refractivity contribution in [3.63, 3.8) is 0 Å². The Hall–Kier alpha value is -3.40. The van der Waals surface area contributed by atoms with Crippen LogP contribution in [0, 0.1) is 5.92 Å². The molecule has 0 radical (unpaired) electrons. The number of hydrogen-bond acceptors (Lipinski definition) is 8. The predicted octanol–water partition coefficient (Wildman–Crippen LogP) is 3.53. The van der Waals surface area contributed by atoms with E-state index >= 15 is 0 Å². The molecule has 3 aromatic rings. The molecule has 0 spiro atoms. The van der Waals surface area contributed by atoms with Gasteiger partial charge in [-0.1, -0.05) is 36.4 Å². The normalized spacial score (nSPS) is 16.0. The minimum Gasteiger partial charge on any atom is -0.382 e. The molecule has 0 saturated carbocycles. The van der Waals surface area contributed by atoms with E-state index in [-0.39, 0.29) is 0 Å². The smallest absolute Gasteiger partial charge is 0.180 e. The molecule has 1 fully saturated rings. The summed E-state index contributed by atoms with van der Waals surface area (Å²) in [5.74, 6) is 0.967. The molecule has 8 nitrogen and oxygen atoms in total. The molecule has 2 aromatic carbocycles. The van der Waals surface area contributed by atoms with Crippen LogP contribution in [0.2, 0.25) is 0 Å². The van der Waals surface area contributed by atoms with Crippen LogP contribution in [0.4, 0.5) is 5.82 Å². The van der Waals surface area contributed by atoms with Crippen molar-refractivity contribution in [2.24, 2.45) is 10.9 Å². The third kappa shape index (κ3) is 5.49. The zero-order valence-corrected chi connectivity index (χ0v) is 21.8. The Balaban J connectivity index is 1.30. The van der Waals surface area contributed by atoms with E-state index in [0.717, 1.165) is 48.7 Å². The van der Waals surface area contributed by atoms with Crippen LogP contribution in [0.5, 0.6) is 0 Å². The zero-order valence-electron chi connectivity index (χ0n) is 21.0. The number of sulfone groups is 1. The maximum Gasteiger partial charge on any atom is 0.180 e. The molecule has 1 saturated heterocycles. The van der Waals surface area contributed by atoms with Crippen molar-refractivity contribution in [1.29, 1.82) is 0 Å². The van der Waals surface area contributed by atoms with Crippen LogP contribution in [0.3, 0.4) is 0 Å². The molecule has 37 heavy (non-hydrogen) atoms. The first kappa shape index (κ1) is 25.3. The number of allylic oxidation sites excluding steroid dienone is 1.